The number of hydrogen-bond donors (Lipinski definition) is 0. The number of rotatable bonds is 3. The standard InChI is InChI=1S/C19H21BrN2O3S/c1-19(2,3)26(23)22-15-10-16(12-5-8-18(20)21-11-12)25-17-9-13(24-4)6-7-14(15)17/h5-9,11,16H,10H2,1-4H3/b22-15+/t16-,26+/m1/s1. The van der Waals surface area contributed by atoms with Gasteiger partial charge in [-0.15, -0.1) is 0 Å². The van der Waals surface area contributed by atoms with E-state index in [1.54, 1.807) is 13.3 Å². The van der Waals surface area contributed by atoms with E-state index >= 15 is 0 Å². The molecule has 0 radical (unpaired) electrons. The highest BCUT2D eigenvalue weighted by atomic mass is 79.9. The molecule has 7 heteroatoms. The number of fused-ring (bicyclic) bond motifs is 1. The summed E-state index contributed by atoms with van der Waals surface area (Å²) in [5.41, 5.74) is 2.57. The third-order valence-electron chi connectivity index (χ3n) is 3.99. The third kappa shape index (κ3) is 4.15. The van der Waals surface area contributed by atoms with Crippen molar-refractivity contribution >= 4 is 32.6 Å². The molecule has 5 nitrogen and oxygen atoms in total. The van der Waals surface area contributed by atoms with Crippen LogP contribution in [0.1, 0.15) is 44.4 Å². The van der Waals surface area contributed by atoms with Crippen LogP contribution in [-0.4, -0.2) is 26.8 Å². The molecule has 0 saturated carbocycles. The average Bonchev–Trinajstić information content (AvgIpc) is 2.60. The Morgan fingerprint density at radius 2 is 2.08 bits per heavy atom. The van der Waals surface area contributed by atoms with Gasteiger partial charge < -0.3 is 9.47 Å². The first-order valence-corrected chi connectivity index (χ1v) is 10.1. The SMILES string of the molecule is COc1ccc2c(c1)O[C@@H](c1ccc(Br)nc1)C/C2=N\[S@@](=O)C(C)(C)C. The summed E-state index contributed by atoms with van der Waals surface area (Å²) in [7, 11) is 0.269. The van der Waals surface area contributed by atoms with Gasteiger partial charge in [-0.2, -0.15) is 4.40 Å². The Bertz CT molecular complexity index is 860. The number of halogens is 1. The molecule has 0 saturated heterocycles. The van der Waals surface area contributed by atoms with Crippen LogP contribution >= 0.6 is 15.9 Å². The van der Waals surface area contributed by atoms with Gasteiger partial charge in [0.05, 0.1) is 17.6 Å². The topological polar surface area (TPSA) is 60.8 Å². The molecule has 138 valence electrons. The lowest BCUT2D eigenvalue weighted by Crippen LogP contribution is -2.25. The van der Waals surface area contributed by atoms with E-state index in [-0.39, 0.29) is 6.10 Å². The number of ether oxygens (including phenoxy) is 2. The van der Waals surface area contributed by atoms with E-state index in [2.05, 4.69) is 25.3 Å². The molecule has 1 aromatic heterocycles. The molecule has 0 amide bonds. The van der Waals surface area contributed by atoms with Crippen molar-refractivity contribution in [1.29, 1.82) is 0 Å². The highest BCUT2D eigenvalue weighted by Gasteiger charge is 2.29. The minimum absolute atomic E-state index is 0.245. The summed E-state index contributed by atoms with van der Waals surface area (Å²) in [6, 6.07) is 9.45. The molecule has 0 unspecified atom stereocenters. The van der Waals surface area contributed by atoms with Crippen molar-refractivity contribution in [3.05, 3.63) is 52.3 Å². The fourth-order valence-electron chi connectivity index (χ4n) is 2.53. The predicted octanol–water partition coefficient (Wildman–Crippen LogP) is 4.63. The molecular formula is C19H21BrN2O3S. The zero-order valence-corrected chi connectivity index (χ0v) is 17.6. The summed E-state index contributed by atoms with van der Waals surface area (Å²) in [6.45, 7) is 5.74. The molecule has 0 spiro atoms. The van der Waals surface area contributed by atoms with E-state index in [4.69, 9.17) is 9.47 Å². The quantitative estimate of drug-likeness (QED) is 0.658. The number of benzene rings is 1. The number of nitrogens with zero attached hydrogens (tertiary/aromatic N) is 2. The van der Waals surface area contributed by atoms with Gasteiger partial charge in [0.2, 0.25) is 0 Å². The van der Waals surface area contributed by atoms with Gasteiger partial charge in [0.15, 0.2) is 0 Å². The summed E-state index contributed by atoms with van der Waals surface area (Å²) in [4.78, 5) is 4.28. The maximum atomic E-state index is 12.6. The first kappa shape index (κ1) is 19.0. The Morgan fingerprint density at radius 3 is 2.69 bits per heavy atom. The molecule has 0 aliphatic carbocycles. The average molecular weight is 437 g/mol. The van der Waals surface area contributed by atoms with Crippen LogP contribution in [0.15, 0.2) is 45.5 Å². The number of hydrogen-bond acceptors (Lipinski definition) is 4. The largest absolute Gasteiger partial charge is 0.497 e. The molecule has 26 heavy (non-hydrogen) atoms. The van der Waals surface area contributed by atoms with E-state index in [0.717, 1.165) is 21.4 Å². The van der Waals surface area contributed by atoms with Crippen LogP contribution in [0.3, 0.4) is 0 Å². The summed E-state index contributed by atoms with van der Waals surface area (Å²) < 4.78 is 29.0. The van der Waals surface area contributed by atoms with Gasteiger partial charge in [0, 0.05) is 29.8 Å². The van der Waals surface area contributed by atoms with Crippen molar-refractivity contribution in [3.8, 4) is 11.5 Å². The molecule has 2 heterocycles. The molecule has 1 aliphatic rings. The van der Waals surface area contributed by atoms with Gasteiger partial charge >= 0.3 is 0 Å². The van der Waals surface area contributed by atoms with Crippen LogP contribution in [-0.2, 0) is 11.0 Å². The fourth-order valence-corrected chi connectivity index (χ4v) is 3.41. The number of pyridine rings is 1. The minimum Gasteiger partial charge on any atom is -0.497 e. The monoisotopic (exact) mass is 436 g/mol. The van der Waals surface area contributed by atoms with Crippen molar-refractivity contribution in [2.75, 3.05) is 7.11 Å². The first-order valence-electron chi connectivity index (χ1n) is 8.24. The van der Waals surface area contributed by atoms with Crippen molar-refractivity contribution in [2.24, 2.45) is 4.40 Å². The lowest BCUT2D eigenvalue weighted by Gasteiger charge is -2.28. The molecule has 1 aliphatic heterocycles. The summed E-state index contributed by atoms with van der Waals surface area (Å²) in [5, 5.41) is 0. The third-order valence-corrected chi connectivity index (χ3v) is 5.89. The van der Waals surface area contributed by atoms with E-state index in [1.807, 2.05) is 51.1 Å². The van der Waals surface area contributed by atoms with Gasteiger partial charge in [0.25, 0.3) is 0 Å². The Morgan fingerprint density at radius 1 is 1.31 bits per heavy atom. The van der Waals surface area contributed by atoms with E-state index in [9.17, 15) is 4.21 Å². The lowest BCUT2D eigenvalue weighted by atomic mass is 9.96. The fraction of sp³-hybridized carbons (Fsp3) is 0.368. The normalized spacial score (nSPS) is 19.6. The zero-order valence-electron chi connectivity index (χ0n) is 15.2. The van der Waals surface area contributed by atoms with Crippen molar-refractivity contribution in [3.63, 3.8) is 0 Å². The van der Waals surface area contributed by atoms with Gasteiger partial charge in [-0.1, -0.05) is 6.07 Å². The van der Waals surface area contributed by atoms with Gasteiger partial charge in [-0.25, -0.2) is 9.19 Å². The van der Waals surface area contributed by atoms with Gasteiger partial charge in [0.1, 0.15) is 33.2 Å². The molecule has 2 atom stereocenters. The second kappa shape index (κ2) is 7.48. The molecule has 0 fully saturated rings. The predicted molar refractivity (Wildman–Crippen MR) is 107 cm³/mol. The summed E-state index contributed by atoms with van der Waals surface area (Å²) >= 11 is 3.35. The van der Waals surface area contributed by atoms with E-state index < -0.39 is 15.7 Å². The van der Waals surface area contributed by atoms with Crippen LogP contribution in [0, 0.1) is 0 Å². The van der Waals surface area contributed by atoms with Crippen molar-refractivity contribution in [1.82, 2.24) is 4.98 Å². The maximum Gasteiger partial charge on any atom is 0.145 e. The lowest BCUT2D eigenvalue weighted by molar-refractivity contribution is 0.205. The Balaban J connectivity index is 2.04. The zero-order chi connectivity index (χ0) is 18.9. The molecule has 0 N–H and O–H groups in total. The van der Waals surface area contributed by atoms with Crippen molar-refractivity contribution in [2.45, 2.75) is 38.0 Å². The van der Waals surface area contributed by atoms with Gasteiger partial charge in [-0.3, -0.25) is 0 Å². The van der Waals surface area contributed by atoms with Gasteiger partial charge in [-0.05, 0) is 54.9 Å². The number of methoxy groups -OCH3 is 1. The highest BCUT2D eigenvalue weighted by molar-refractivity contribution is 9.10. The molecule has 0 bridgehead atoms. The van der Waals surface area contributed by atoms with Crippen LogP contribution in [0.2, 0.25) is 0 Å². The molecule has 2 aromatic rings. The van der Waals surface area contributed by atoms with E-state index in [1.165, 1.54) is 0 Å². The van der Waals surface area contributed by atoms with Crippen LogP contribution < -0.4 is 9.47 Å². The Labute approximate surface area is 164 Å². The molecule has 1 aromatic carbocycles. The molecular weight excluding hydrogens is 416 g/mol. The maximum absolute atomic E-state index is 12.6. The first-order chi connectivity index (χ1) is 12.3. The van der Waals surface area contributed by atoms with Crippen LogP contribution in [0.25, 0.3) is 0 Å². The Kier molecular flexibility index (Phi) is 5.48. The second-order valence-electron chi connectivity index (χ2n) is 6.99. The molecule has 3 rings (SSSR count). The smallest absolute Gasteiger partial charge is 0.145 e. The summed E-state index contributed by atoms with van der Waals surface area (Å²) in [5.74, 6) is 1.38. The second-order valence-corrected chi connectivity index (χ2v) is 9.70. The number of aromatic nitrogens is 1. The highest BCUT2D eigenvalue weighted by Crippen LogP contribution is 2.38. The Hall–Kier alpha value is -1.73. The van der Waals surface area contributed by atoms with Crippen LogP contribution in [0.5, 0.6) is 11.5 Å². The summed E-state index contributed by atoms with van der Waals surface area (Å²) in [6.07, 6.45) is 2.06. The minimum atomic E-state index is -1.35. The van der Waals surface area contributed by atoms with E-state index in [0.29, 0.717) is 17.9 Å². The van der Waals surface area contributed by atoms with Crippen molar-refractivity contribution < 1.29 is 13.7 Å². The van der Waals surface area contributed by atoms with Crippen LogP contribution in [0.4, 0.5) is 0 Å².